The van der Waals surface area contributed by atoms with E-state index in [-0.39, 0.29) is 36.2 Å². The molecule has 53 heavy (non-hydrogen) atoms. The van der Waals surface area contributed by atoms with Crippen molar-refractivity contribution in [1.82, 2.24) is 20.7 Å². The van der Waals surface area contributed by atoms with Gasteiger partial charge < -0.3 is 25.1 Å². The highest BCUT2D eigenvalue weighted by molar-refractivity contribution is 8.76. The first-order chi connectivity index (χ1) is 25.7. The molecule has 2 fully saturated rings. The van der Waals surface area contributed by atoms with Crippen LogP contribution in [0.3, 0.4) is 0 Å². The van der Waals surface area contributed by atoms with Crippen LogP contribution in [0.2, 0.25) is 0 Å². The summed E-state index contributed by atoms with van der Waals surface area (Å²) in [6.07, 6.45) is 25.4. The third-order valence-corrected chi connectivity index (χ3v) is 11.6. The van der Waals surface area contributed by atoms with Crippen molar-refractivity contribution in [3.63, 3.8) is 0 Å². The molecule has 0 aliphatic carbocycles. The van der Waals surface area contributed by atoms with E-state index < -0.39 is 24.0 Å². The number of carbonyl (C=O) groups is 6. The van der Waals surface area contributed by atoms with E-state index in [1.807, 2.05) is 41.8 Å². The number of unbranched alkanes of at least 4 members (excludes halogenated alkanes) is 12. The fourth-order valence-corrected chi connectivity index (χ4v) is 8.18. The summed E-state index contributed by atoms with van der Waals surface area (Å²) in [6, 6.07) is -1.19. The predicted octanol–water partition coefficient (Wildman–Crippen LogP) is 6.24. The molecule has 0 bridgehead atoms. The molecule has 3 rings (SSSR count). The van der Waals surface area contributed by atoms with Crippen molar-refractivity contribution in [1.29, 1.82) is 0 Å². The Morgan fingerprint density at radius 1 is 0.660 bits per heavy atom. The van der Waals surface area contributed by atoms with Crippen molar-refractivity contribution in [3.05, 3.63) is 24.4 Å². The van der Waals surface area contributed by atoms with Crippen LogP contribution in [-0.2, 0) is 38.2 Å². The van der Waals surface area contributed by atoms with E-state index in [0.717, 1.165) is 45.1 Å². The quantitative estimate of drug-likeness (QED) is 0.0400. The number of nitrogens with zero attached hydrogens (tertiary/aromatic N) is 2. The van der Waals surface area contributed by atoms with Crippen molar-refractivity contribution in [2.24, 2.45) is 0 Å². The number of hydrogen-bond acceptors (Lipinski definition) is 12. The Bertz CT molecular complexity index is 1110. The van der Waals surface area contributed by atoms with Crippen LogP contribution in [0.25, 0.3) is 0 Å². The molecule has 3 heterocycles. The zero-order chi connectivity index (χ0) is 38.5. The topological polar surface area (TPSA) is 151 Å². The van der Waals surface area contributed by atoms with Gasteiger partial charge in [-0.3, -0.25) is 19.2 Å². The van der Waals surface area contributed by atoms with Crippen LogP contribution in [0, 0.1) is 0 Å². The van der Waals surface area contributed by atoms with E-state index >= 15 is 0 Å². The summed E-state index contributed by atoms with van der Waals surface area (Å²) in [6.45, 7) is 1.63. The maximum absolute atomic E-state index is 12.0. The van der Waals surface area contributed by atoms with Crippen LogP contribution in [0.5, 0.6) is 0 Å². The molecule has 0 spiro atoms. The van der Waals surface area contributed by atoms with Crippen LogP contribution in [-0.4, -0.2) is 103 Å². The van der Waals surface area contributed by atoms with E-state index in [1.54, 1.807) is 0 Å². The van der Waals surface area contributed by atoms with Gasteiger partial charge in [0, 0.05) is 57.5 Å². The Morgan fingerprint density at radius 2 is 1.08 bits per heavy atom. The maximum Gasteiger partial charge on any atom is 0.328 e. The zero-order valence-electron chi connectivity index (χ0n) is 32.1. The molecule has 0 aromatic rings. The SMILES string of the molecule is CN(C)N1C=CC=CC1.O=C(CCCCCCCCCSSCCCCCCCCCC(=O)CC(=O)NC1CCOC1=O)CC(=O)NC1CCOC1=O. The van der Waals surface area contributed by atoms with Crippen molar-refractivity contribution >= 4 is 56.9 Å². The number of amides is 2. The van der Waals surface area contributed by atoms with Crippen LogP contribution in [0.4, 0.5) is 0 Å². The van der Waals surface area contributed by atoms with Crippen molar-refractivity contribution in [2.75, 3.05) is 45.4 Å². The van der Waals surface area contributed by atoms with Gasteiger partial charge in [0.2, 0.25) is 11.8 Å². The molecule has 300 valence electrons. The number of rotatable bonds is 28. The number of allylic oxidation sites excluding steroid dienone is 2. The number of nitrogens with one attached hydrogen (secondary N) is 2. The van der Waals surface area contributed by atoms with Crippen molar-refractivity contribution in [2.45, 2.75) is 141 Å². The molecule has 12 nitrogen and oxygen atoms in total. The Morgan fingerprint density at radius 3 is 1.42 bits per heavy atom. The smallest absolute Gasteiger partial charge is 0.328 e. The van der Waals surface area contributed by atoms with Gasteiger partial charge in [0.1, 0.15) is 23.7 Å². The first-order valence-corrected chi connectivity index (χ1v) is 22.1. The van der Waals surface area contributed by atoms with E-state index in [0.29, 0.717) is 38.9 Å². The Balaban J connectivity index is 0.000000937. The normalized spacial score (nSPS) is 17.7. The molecule has 3 aliphatic heterocycles. The Kier molecular flexibility index (Phi) is 25.8. The number of esters is 2. The van der Waals surface area contributed by atoms with Crippen molar-refractivity contribution in [3.8, 4) is 0 Å². The molecule has 2 N–H and O–H groups in total. The van der Waals surface area contributed by atoms with Gasteiger partial charge >= 0.3 is 11.9 Å². The highest BCUT2D eigenvalue weighted by atomic mass is 33.1. The van der Waals surface area contributed by atoms with Gasteiger partial charge in [-0.25, -0.2) is 14.6 Å². The lowest BCUT2D eigenvalue weighted by Gasteiger charge is -2.27. The molecule has 2 unspecified atom stereocenters. The Hall–Kier alpha value is -2.84. The molecule has 0 radical (unpaired) electrons. The molecule has 3 aliphatic rings. The largest absolute Gasteiger partial charge is 0.464 e. The zero-order valence-corrected chi connectivity index (χ0v) is 33.8. The fourth-order valence-electron chi connectivity index (χ4n) is 5.89. The summed E-state index contributed by atoms with van der Waals surface area (Å²) < 4.78 is 9.61. The second-order valence-corrected chi connectivity index (χ2v) is 16.6. The van der Waals surface area contributed by atoms with Crippen LogP contribution in [0.15, 0.2) is 24.4 Å². The monoisotopic (exact) mass is 780 g/mol. The van der Waals surface area contributed by atoms with Gasteiger partial charge in [-0.2, -0.15) is 0 Å². The average molecular weight is 781 g/mol. The maximum atomic E-state index is 12.0. The highest BCUT2D eigenvalue weighted by Crippen LogP contribution is 2.25. The number of Topliss-reactive ketones (excluding diaryl/α,β-unsaturated/α-hetero) is 2. The number of ketones is 2. The summed E-state index contributed by atoms with van der Waals surface area (Å²) >= 11 is 0. The van der Waals surface area contributed by atoms with Gasteiger partial charge in [-0.15, -0.1) is 0 Å². The first kappa shape index (κ1) is 46.3. The lowest BCUT2D eigenvalue weighted by atomic mass is 10.1. The van der Waals surface area contributed by atoms with Gasteiger partial charge in [-0.1, -0.05) is 97.9 Å². The fraction of sp³-hybridized carbons (Fsp3) is 0.744. The molecule has 0 saturated carbocycles. The predicted molar refractivity (Wildman–Crippen MR) is 212 cm³/mol. The van der Waals surface area contributed by atoms with E-state index in [9.17, 15) is 28.8 Å². The van der Waals surface area contributed by atoms with Gasteiger partial charge in [0.25, 0.3) is 0 Å². The number of cyclic esters (lactones) is 2. The molecular formula is C39H64N4O8S2. The number of hydrazine groups is 1. The molecule has 0 aromatic heterocycles. The summed E-state index contributed by atoms with van der Waals surface area (Å²) in [5.41, 5.74) is 0. The minimum atomic E-state index is -0.596. The first-order valence-electron chi connectivity index (χ1n) is 19.6. The number of carbonyl (C=O) groups excluding carboxylic acids is 6. The van der Waals surface area contributed by atoms with E-state index in [1.165, 1.54) is 62.9 Å². The third kappa shape index (κ3) is 23.5. The molecule has 0 aromatic carbocycles. The van der Waals surface area contributed by atoms with Crippen LogP contribution in [0.1, 0.15) is 128 Å². The molecule has 2 atom stereocenters. The standard InChI is InChI=1S/C32H52N2O8S2.C7H12N2/c35-25(23-29(37)33-27-17-19-41-31(27)39)15-11-7-3-1-5-9-13-21-43-44-22-14-10-6-2-4-8-12-16-26(36)24-30(38)34-28-18-20-42-32(28)40;1-8(2)9-6-4-3-5-7-9/h27-28H,1-24H2,(H,33,37)(H,34,38);3-6H,7H2,1-2H3. The third-order valence-electron chi connectivity index (χ3n) is 9.02. The number of hydrogen-bond donors (Lipinski definition) is 2. The van der Waals surface area contributed by atoms with Gasteiger partial charge in [0.05, 0.1) is 32.6 Å². The lowest BCUT2D eigenvalue weighted by Crippen LogP contribution is -2.38. The summed E-state index contributed by atoms with van der Waals surface area (Å²) in [5, 5.41) is 9.33. The molecule has 2 saturated heterocycles. The van der Waals surface area contributed by atoms with E-state index in [2.05, 4.69) is 39.0 Å². The van der Waals surface area contributed by atoms with Gasteiger partial charge in [-0.05, 0) is 31.8 Å². The van der Waals surface area contributed by atoms with Crippen LogP contribution >= 0.6 is 21.6 Å². The summed E-state index contributed by atoms with van der Waals surface area (Å²) in [5.74, 6) is 0.635. The van der Waals surface area contributed by atoms with Gasteiger partial charge in [0.15, 0.2) is 0 Å². The van der Waals surface area contributed by atoms with Crippen LogP contribution < -0.4 is 10.6 Å². The van der Waals surface area contributed by atoms with Crippen molar-refractivity contribution < 1.29 is 38.2 Å². The van der Waals surface area contributed by atoms with E-state index in [4.69, 9.17) is 9.47 Å². The average Bonchev–Trinajstić information content (AvgIpc) is 3.73. The number of ether oxygens (including phenoxy) is 2. The minimum Gasteiger partial charge on any atom is -0.464 e. The minimum absolute atomic E-state index is 0.0685. The second kappa shape index (κ2) is 29.5. The summed E-state index contributed by atoms with van der Waals surface area (Å²) in [4.78, 5) is 70.4. The Labute approximate surface area is 325 Å². The summed E-state index contributed by atoms with van der Waals surface area (Å²) in [7, 11) is 8.00. The highest BCUT2D eigenvalue weighted by Gasteiger charge is 2.29. The molecule has 2 amide bonds. The molecule has 14 heteroatoms. The second-order valence-electron chi connectivity index (χ2n) is 13.9. The molecular weight excluding hydrogens is 717 g/mol. The lowest BCUT2D eigenvalue weighted by molar-refractivity contribution is -0.142.